The molecule has 0 aliphatic heterocycles. The van der Waals surface area contributed by atoms with Crippen molar-refractivity contribution >= 4 is 40.8 Å². The van der Waals surface area contributed by atoms with Gasteiger partial charge in [0.05, 0.1) is 0 Å². The molecule has 1 heterocycles. The fraction of sp³-hybridized carbons (Fsp3) is 0.400. The number of benzene rings is 1. The predicted octanol–water partition coefficient (Wildman–Crippen LogP) is 2.96. The number of aromatic nitrogens is 1. The molecule has 0 aliphatic rings. The second-order valence-electron chi connectivity index (χ2n) is 4.99. The fourth-order valence-corrected chi connectivity index (χ4v) is 2.12. The maximum absolute atomic E-state index is 5.76. The molecule has 0 radical (unpaired) electrons. The molecule has 0 atom stereocenters. The molecule has 0 bridgehead atoms. The largest absolute Gasteiger partial charge is 0.370 e. The third kappa shape index (κ3) is 4.70. The molecule has 0 aliphatic carbocycles. The van der Waals surface area contributed by atoms with Gasteiger partial charge in [-0.3, -0.25) is 4.99 Å². The quantitative estimate of drug-likeness (QED) is 0.359. The predicted molar refractivity (Wildman–Crippen MR) is 96.7 cm³/mol. The number of fused-ring (bicyclic) bond motifs is 1. The van der Waals surface area contributed by atoms with Crippen LogP contribution in [0, 0.1) is 0 Å². The van der Waals surface area contributed by atoms with E-state index in [0.29, 0.717) is 12.0 Å². The minimum atomic E-state index is 0. The van der Waals surface area contributed by atoms with Crippen LogP contribution in [0.3, 0.4) is 0 Å². The van der Waals surface area contributed by atoms with Crippen molar-refractivity contribution in [3.05, 3.63) is 36.5 Å². The van der Waals surface area contributed by atoms with Crippen LogP contribution < -0.4 is 11.1 Å². The summed E-state index contributed by atoms with van der Waals surface area (Å²) in [5.41, 5.74) is 7.03. The Morgan fingerprint density at radius 1 is 1.30 bits per heavy atom. The third-order valence-corrected chi connectivity index (χ3v) is 2.96. The Hall–Kier alpha value is -1.24. The van der Waals surface area contributed by atoms with Crippen LogP contribution in [0.4, 0.5) is 0 Å². The smallest absolute Gasteiger partial charge is 0.188 e. The summed E-state index contributed by atoms with van der Waals surface area (Å²) in [7, 11) is 0. The second-order valence-corrected chi connectivity index (χ2v) is 4.99. The Morgan fingerprint density at radius 3 is 2.80 bits per heavy atom. The number of hydrogen-bond donors (Lipinski definition) is 2. The summed E-state index contributed by atoms with van der Waals surface area (Å²) in [6.45, 7) is 5.81. The second kappa shape index (κ2) is 8.14. The van der Waals surface area contributed by atoms with Gasteiger partial charge in [-0.25, -0.2) is 0 Å². The van der Waals surface area contributed by atoms with Crippen LogP contribution in [-0.2, 0) is 6.54 Å². The molecule has 110 valence electrons. The first-order valence-corrected chi connectivity index (χ1v) is 6.77. The van der Waals surface area contributed by atoms with Gasteiger partial charge in [-0.15, -0.1) is 24.0 Å². The van der Waals surface area contributed by atoms with Crippen molar-refractivity contribution in [2.75, 3.05) is 6.54 Å². The molecule has 5 heteroatoms. The van der Waals surface area contributed by atoms with Gasteiger partial charge >= 0.3 is 0 Å². The summed E-state index contributed by atoms with van der Waals surface area (Å²) in [4.78, 5) is 4.31. The van der Waals surface area contributed by atoms with Gasteiger partial charge in [-0.1, -0.05) is 18.2 Å². The summed E-state index contributed by atoms with van der Waals surface area (Å²) in [5, 5.41) is 4.37. The average molecular weight is 386 g/mol. The van der Waals surface area contributed by atoms with Gasteiger partial charge in [0.25, 0.3) is 0 Å². The molecule has 0 spiro atoms. The third-order valence-electron chi connectivity index (χ3n) is 2.96. The molecule has 2 rings (SSSR count). The molecule has 0 amide bonds. The maximum atomic E-state index is 5.76. The minimum Gasteiger partial charge on any atom is -0.370 e. The molecule has 3 N–H and O–H groups in total. The SMILES string of the molecule is CC(C)NC(N)=NCCCn1ccc2ccccc21.I. The molecule has 0 unspecified atom stereocenters. The Bertz CT molecular complexity index is 560. The van der Waals surface area contributed by atoms with Crippen molar-refractivity contribution in [2.24, 2.45) is 10.7 Å². The van der Waals surface area contributed by atoms with Crippen LogP contribution in [0.25, 0.3) is 10.9 Å². The zero-order valence-electron chi connectivity index (χ0n) is 12.0. The lowest BCUT2D eigenvalue weighted by molar-refractivity contribution is 0.664. The molecule has 2 aromatic rings. The molecule has 4 nitrogen and oxygen atoms in total. The zero-order valence-corrected chi connectivity index (χ0v) is 14.4. The Morgan fingerprint density at radius 2 is 2.05 bits per heavy atom. The number of hydrogen-bond acceptors (Lipinski definition) is 1. The van der Waals surface area contributed by atoms with Gasteiger partial charge in [0.15, 0.2) is 5.96 Å². The van der Waals surface area contributed by atoms with Gasteiger partial charge in [-0.2, -0.15) is 0 Å². The summed E-state index contributed by atoms with van der Waals surface area (Å²) in [6, 6.07) is 10.9. The highest BCUT2D eigenvalue weighted by Crippen LogP contribution is 2.15. The Labute approximate surface area is 137 Å². The van der Waals surface area contributed by atoms with Crippen molar-refractivity contribution < 1.29 is 0 Å². The molecule has 1 aromatic heterocycles. The molecular weight excluding hydrogens is 363 g/mol. The molecular formula is C15H23IN4. The lowest BCUT2D eigenvalue weighted by Gasteiger charge is -2.08. The van der Waals surface area contributed by atoms with Crippen LogP contribution >= 0.6 is 24.0 Å². The number of nitrogens with one attached hydrogen (secondary N) is 1. The van der Waals surface area contributed by atoms with Crippen molar-refractivity contribution in [1.82, 2.24) is 9.88 Å². The van der Waals surface area contributed by atoms with Crippen LogP contribution in [0.1, 0.15) is 20.3 Å². The standard InChI is InChI=1S/C15H22N4.HI/c1-12(2)18-15(16)17-9-5-10-19-11-8-13-6-3-4-7-14(13)19;/h3-4,6-8,11-12H,5,9-10H2,1-2H3,(H3,16,17,18);1H. The highest BCUT2D eigenvalue weighted by atomic mass is 127. The van der Waals surface area contributed by atoms with Crippen LogP contribution in [-0.4, -0.2) is 23.1 Å². The minimum absolute atomic E-state index is 0. The van der Waals surface area contributed by atoms with E-state index < -0.39 is 0 Å². The number of nitrogens with zero attached hydrogens (tertiary/aromatic N) is 2. The first-order chi connectivity index (χ1) is 9.16. The maximum Gasteiger partial charge on any atom is 0.188 e. The van der Waals surface area contributed by atoms with Crippen LogP contribution in [0.5, 0.6) is 0 Å². The first kappa shape index (κ1) is 16.8. The molecule has 0 saturated heterocycles. The monoisotopic (exact) mass is 386 g/mol. The van der Waals surface area contributed by atoms with Gasteiger partial charge in [0.1, 0.15) is 0 Å². The van der Waals surface area contributed by atoms with Gasteiger partial charge < -0.3 is 15.6 Å². The summed E-state index contributed by atoms with van der Waals surface area (Å²) < 4.78 is 2.26. The number of aryl methyl sites for hydroxylation is 1. The summed E-state index contributed by atoms with van der Waals surface area (Å²) in [6.07, 6.45) is 3.11. The lowest BCUT2D eigenvalue weighted by Crippen LogP contribution is -2.36. The molecule has 0 fully saturated rings. The van der Waals surface area contributed by atoms with Gasteiger partial charge in [-0.05, 0) is 37.8 Å². The van der Waals surface area contributed by atoms with Crippen molar-refractivity contribution in [3.8, 4) is 0 Å². The number of halogens is 1. The lowest BCUT2D eigenvalue weighted by atomic mass is 10.2. The molecule has 20 heavy (non-hydrogen) atoms. The average Bonchev–Trinajstić information content (AvgIpc) is 2.77. The van der Waals surface area contributed by atoms with Gasteiger partial charge in [0.2, 0.25) is 0 Å². The summed E-state index contributed by atoms with van der Waals surface area (Å²) in [5.74, 6) is 0.535. The van der Waals surface area contributed by atoms with Crippen molar-refractivity contribution in [2.45, 2.75) is 32.9 Å². The van der Waals surface area contributed by atoms with Crippen LogP contribution in [0.2, 0.25) is 0 Å². The van der Waals surface area contributed by atoms with Crippen LogP contribution in [0.15, 0.2) is 41.5 Å². The normalized spacial score (nSPS) is 11.7. The van der Waals surface area contributed by atoms with Crippen molar-refractivity contribution in [3.63, 3.8) is 0 Å². The number of para-hydroxylation sites is 1. The first-order valence-electron chi connectivity index (χ1n) is 6.77. The Balaban J connectivity index is 0.00000200. The van der Waals surface area contributed by atoms with E-state index in [1.165, 1.54) is 10.9 Å². The zero-order chi connectivity index (χ0) is 13.7. The van der Waals surface area contributed by atoms with E-state index in [1.807, 2.05) is 13.8 Å². The Kier molecular flexibility index (Phi) is 6.84. The van der Waals surface area contributed by atoms with Crippen molar-refractivity contribution in [1.29, 1.82) is 0 Å². The number of aliphatic imine (C=N–C) groups is 1. The highest BCUT2D eigenvalue weighted by Gasteiger charge is 1.99. The number of guanidine groups is 1. The van der Waals surface area contributed by atoms with E-state index in [0.717, 1.165) is 19.5 Å². The van der Waals surface area contributed by atoms with E-state index in [2.05, 4.69) is 51.4 Å². The van der Waals surface area contributed by atoms with Gasteiger partial charge in [0, 0.05) is 30.8 Å². The molecule has 1 aromatic carbocycles. The molecule has 0 saturated carbocycles. The topological polar surface area (TPSA) is 55.3 Å². The fourth-order valence-electron chi connectivity index (χ4n) is 2.12. The number of rotatable bonds is 5. The summed E-state index contributed by atoms with van der Waals surface area (Å²) >= 11 is 0. The number of nitrogens with two attached hydrogens (primary N) is 1. The van der Waals surface area contributed by atoms with E-state index >= 15 is 0 Å². The van der Waals surface area contributed by atoms with E-state index in [9.17, 15) is 0 Å². The van der Waals surface area contributed by atoms with E-state index in [1.54, 1.807) is 0 Å². The highest BCUT2D eigenvalue weighted by molar-refractivity contribution is 14.0. The van der Waals surface area contributed by atoms with E-state index in [-0.39, 0.29) is 24.0 Å². The van der Waals surface area contributed by atoms with E-state index in [4.69, 9.17) is 5.73 Å².